The van der Waals surface area contributed by atoms with E-state index in [2.05, 4.69) is 4.98 Å². The molecule has 0 spiro atoms. The third kappa shape index (κ3) is 2.53. The molecule has 19 heavy (non-hydrogen) atoms. The number of hydrogen-bond donors (Lipinski definition) is 1. The Morgan fingerprint density at radius 2 is 1.74 bits per heavy atom. The lowest BCUT2D eigenvalue weighted by Gasteiger charge is -2.08. The third-order valence-corrected chi connectivity index (χ3v) is 4.19. The van der Waals surface area contributed by atoms with Gasteiger partial charge in [0.1, 0.15) is 0 Å². The molecule has 4 heteroatoms. The van der Waals surface area contributed by atoms with Crippen LogP contribution in [0.2, 0.25) is 5.02 Å². The largest absolute Gasteiger partial charge is 0.398 e. The molecule has 2 aromatic carbocycles. The van der Waals surface area contributed by atoms with E-state index in [0.29, 0.717) is 0 Å². The highest BCUT2D eigenvalue weighted by atomic mass is 35.5. The number of halogens is 1. The van der Waals surface area contributed by atoms with Crippen LogP contribution in [0.5, 0.6) is 0 Å². The molecule has 0 aliphatic carbocycles. The highest BCUT2D eigenvalue weighted by Crippen LogP contribution is 2.35. The minimum atomic E-state index is 0.746. The molecule has 0 unspecified atom stereocenters. The van der Waals surface area contributed by atoms with Gasteiger partial charge in [-0.05, 0) is 42.5 Å². The minimum absolute atomic E-state index is 0.746. The first-order valence-corrected chi connectivity index (χ1v) is 6.99. The lowest BCUT2D eigenvalue weighted by Crippen LogP contribution is -1.89. The number of aromatic nitrogens is 1. The lowest BCUT2D eigenvalue weighted by molar-refractivity contribution is 1.35. The molecule has 0 fully saturated rings. The van der Waals surface area contributed by atoms with Crippen molar-refractivity contribution in [3.8, 4) is 0 Å². The summed E-state index contributed by atoms with van der Waals surface area (Å²) in [5, 5.41) is 2.85. The zero-order chi connectivity index (χ0) is 13.2. The maximum Gasteiger partial charge on any atom is 0.0410 e. The van der Waals surface area contributed by atoms with Crippen molar-refractivity contribution in [2.45, 2.75) is 9.79 Å². The predicted molar refractivity (Wildman–Crippen MR) is 81.7 cm³/mol. The fourth-order valence-electron chi connectivity index (χ4n) is 1.90. The number of hydrogen-bond acceptors (Lipinski definition) is 3. The molecule has 0 aliphatic rings. The maximum atomic E-state index is 5.97. The van der Waals surface area contributed by atoms with Gasteiger partial charge in [0.15, 0.2) is 0 Å². The summed E-state index contributed by atoms with van der Waals surface area (Å²) in [6.07, 6.45) is 3.59. The number of anilines is 1. The van der Waals surface area contributed by atoms with Crippen LogP contribution in [-0.4, -0.2) is 4.98 Å². The van der Waals surface area contributed by atoms with Crippen molar-refractivity contribution in [3.63, 3.8) is 0 Å². The van der Waals surface area contributed by atoms with Crippen molar-refractivity contribution in [3.05, 3.63) is 59.9 Å². The molecule has 94 valence electrons. The van der Waals surface area contributed by atoms with Crippen molar-refractivity contribution < 1.29 is 0 Å². The lowest BCUT2D eigenvalue weighted by atomic mass is 10.1. The Morgan fingerprint density at radius 1 is 0.947 bits per heavy atom. The van der Waals surface area contributed by atoms with Crippen LogP contribution in [0.3, 0.4) is 0 Å². The molecular weight excluding hydrogens is 276 g/mol. The summed E-state index contributed by atoms with van der Waals surface area (Å²) >= 11 is 7.59. The average Bonchev–Trinajstić information content (AvgIpc) is 2.45. The highest BCUT2D eigenvalue weighted by Gasteiger charge is 2.05. The van der Waals surface area contributed by atoms with Gasteiger partial charge in [-0.3, -0.25) is 4.98 Å². The van der Waals surface area contributed by atoms with Crippen LogP contribution >= 0.6 is 23.4 Å². The molecule has 1 aromatic heterocycles. The van der Waals surface area contributed by atoms with Crippen LogP contribution in [0.25, 0.3) is 10.8 Å². The van der Waals surface area contributed by atoms with Crippen LogP contribution < -0.4 is 5.73 Å². The van der Waals surface area contributed by atoms with Gasteiger partial charge in [-0.2, -0.15) is 0 Å². The number of nitrogens with zero attached hydrogens (tertiary/aromatic N) is 1. The SMILES string of the molecule is Nc1ccc(Sc2ccc(Cl)cc2)c2ccncc12. The second-order valence-electron chi connectivity index (χ2n) is 4.13. The van der Waals surface area contributed by atoms with Crippen molar-refractivity contribution in [1.82, 2.24) is 4.98 Å². The van der Waals surface area contributed by atoms with Crippen molar-refractivity contribution >= 4 is 39.8 Å². The molecule has 0 atom stereocenters. The Bertz CT molecular complexity index is 726. The maximum absolute atomic E-state index is 5.97. The first-order chi connectivity index (χ1) is 9.24. The van der Waals surface area contributed by atoms with E-state index in [-0.39, 0.29) is 0 Å². The monoisotopic (exact) mass is 286 g/mol. The van der Waals surface area contributed by atoms with E-state index >= 15 is 0 Å². The van der Waals surface area contributed by atoms with E-state index in [1.165, 1.54) is 0 Å². The van der Waals surface area contributed by atoms with E-state index in [9.17, 15) is 0 Å². The molecule has 0 amide bonds. The van der Waals surface area contributed by atoms with Gasteiger partial charge in [-0.25, -0.2) is 0 Å². The van der Waals surface area contributed by atoms with Crippen molar-refractivity contribution in [2.24, 2.45) is 0 Å². The molecule has 0 aliphatic heterocycles. The van der Waals surface area contributed by atoms with Crippen LogP contribution in [0, 0.1) is 0 Å². The summed E-state index contributed by atoms with van der Waals surface area (Å²) in [6.45, 7) is 0. The van der Waals surface area contributed by atoms with Gasteiger partial charge in [0.05, 0.1) is 0 Å². The standard InChI is InChI=1S/C15H11ClN2S/c16-10-1-3-11(4-2-10)19-15-6-5-14(17)13-9-18-8-7-12(13)15/h1-9H,17H2. The van der Waals surface area contributed by atoms with Gasteiger partial charge in [0.25, 0.3) is 0 Å². The van der Waals surface area contributed by atoms with Crippen molar-refractivity contribution in [2.75, 3.05) is 5.73 Å². The van der Waals surface area contributed by atoms with E-state index < -0.39 is 0 Å². The van der Waals surface area contributed by atoms with Gasteiger partial charge >= 0.3 is 0 Å². The smallest absolute Gasteiger partial charge is 0.0410 e. The van der Waals surface area contributed by atoms with E-state index in [1.54, 1.807) is 24.2 Å². The summed E-state index contributed by atoms with van der Waals surface area (Å²) in [4.78, 5) is 6.43. The summed E-state index contributed by atoms with van der Waals surface area (Å²) in [6, 6.07) is 13.8. The normalized spacial score (nSPS) is 10.8. The predicted octanol–water partition coefficient (Wildman–Crippen LogP) is 4.62. The van der Waals surface area contributed by atoms with Gasteiger partial charge in [0, 0.05) is 43.7 Å². The Balaban J connectivity index is 2.06. The molecule has 3 rings (SSSR count). The molecule has 1 heterocycles. The second kappa shape index (κ2) is 5.11. The van der Waals surface area contributed by atoms with Crippen LogP contribution in [0.4, 0.5) is 5.69 Å². The zero-order valence-electron chi connectivity index (χ0n) is 10.0. The van der Waals surface area contributed by atoms with Crippen LogP contribution in [-0.2, 0) is 0 Å². The van der Waals surface area contributed by atoms with Crippen molar-refractivity contribution in [1.29, 1.82) is 0 Å². The Labute approximate surface area is 120 Å². The Kier molecular flexibility index (Phi) is 3.32. The first-order valence-electron chi connectivity index (χ1n) is 5.80. The molecule has 2 nitrogen and oxygen atoms in total. The van der Waals surface area contributed by atoms with E-state index in [4.69, 9.17) is 17.3 Å². The summed E-state index contributed by atoms with van der Waals surface area (Å²) < 4.78 is 0. The van der Waals surface area contributed by atoms with Gasteiger partial charge in [-0.1, -0.05) is 23.4 Å². The first kappa shape index (κ1) is 12.3. The zero-order valence-corrected chi connectivity index (χ0v) is 11.6. The number of benzene rings is 2. The molecule has 0 bridgehead atoms. The molecule has 0 saturated heterocycles. The van der Waals surface area contributed by atoms with E-state index in [1.807, 2.05) is 42.5 Å². The van der Waals surface area contributed by atoms with Crippen LogP contribution in [0.15, 0.2) is 64.6 Å². The summed E-state index contributed by atoms with van der Waals surface area (Å²) in [5.41, 5.74) is 6.72. The fourth-order valence-corrected chi connectivity index (χ4v) is 2.98. The van der Waals surface area contributed by atoms with Gasteiger partial charge < -0.3 is 5.73 Å². The number of pyridine rings is 1. The number of rotatable bonds is 2. The fraction of sp³-hybridized carbons (Fsp3) is 0. The molecule has 3 aromatic rings. The van der Waals surface area contributed by atoms with E-state index in [0.717, 1.165) is 31.3 Å². The van der Waals surface area contributed by atoms with Gasteiger partial charge in [-0.15, -0.1) is 0 Å². The molecule has 0 saturated carbocycles. The number of nitrogen functional groups attached to an aromatic ring is 1. The number of nitrogens with two attached hydrogens (primary N) is 1. The average molecular weight is 287 g/mol. The Morgan fingerprint density at radius 3 is 2.53 bits per heavy atom. The third-order valence-electron chi connectivity index (χ3n) is 2.85. The quantitative estimate of drug-likeness (QED) is 0.699. The molecule has 0 radical (unpaired) electrons. The summed E-state index contributed by atoms with van der Waals surface area (Å²) in [7, 11) is 0. The highest BCUT2D eigenvalue weighted by molar-refractivity contribution is 7.99. The molecule has 2 N–H and O–H groups in total. The summed E-state index contributed by atoms with van der Waals surface area (Å²) in [5.74, 6) is 0. The number of fused-ring (bicyclic) bond motifs is 1. The second-order valence-corrected chi connectivity index (χ2v) is 5.68. The minimum Gasteiger partial charge on any atom is -0.398 e. The van der Waals surface area contributed by atoms with Gasteiger partial charge in [0.2, 0.25) is 0 Å². The molecular formula is C15H11ClN2S. The van der Waals surface area contributed by atoms with Crippen LogP contribution in [0.1, 0.15) is 0 Å². The topological polar surface area (TPSA) is 38.9 Å². The Hall–Kier alpha value is -1.71.